The summed E-state index contributed by atoms with van der Waals surface area (Å²) in [6.07, 6.45) is 2.52. The van der Waals surface area contributed by atoms with Gasteiger partial charge in [0, 0.05) is 4.47 Å². The van der Waals surface area contributed by atoms with E-state index in [2.05, 4.69) is 35.7 Å². The maximum absolute atomic E-state index is 12.9. The van der Waals surface area contributed by atoms with E-state index >= 15 is 0 Å². The van der Waals surface area contributed by atoms with Gasteiger partial charge in [-0.1, -0.05) is 94.3 Å². The number of methoxy groups -OCH3 is 2. The lowest BCUT2D eigenvalue weighted by Gasteiger charge is -2.12. The van der Waals surface area contributed by atoms with Crippen LogP contribution in [0.3, 0.4) is 0 Å². The van der Waals surface area contributed by atoms with E-state index in [4.69, 9.17) is 51.8 Å². The van der Waals surface area contributed by atoms with E-state index in [1.165, 1.54) is 14.2 Å². The number of aryl methyl sites for hydroxylation is 3. The van der Waals surface area contributed by atoms with Crippen molar-refractivity contribution in [2.24, 2.45) is 0 Å². The maximum atomic E-state index is 12.9. The number of nitrogens with zero attached hydrogens (tertiary/aromatic N) is 2. The number of halogens is 3. The van der Waals surface area contributed by atoms with E-state index in [9.17, 15) is 16.8 Å². The normalized spacial score (nSPS) is 10.9. The molecular formula is C38H48BBrCl2N4O10S2. The van der Waals surface area contributed by atoms with Gasteiger partial charge in [0.2, 0.25) is 0 Å². The van der Waals surface area contributed by atoms with Crippen molar-refractivity contribution in [2.75, 3.05) is 23.7 Å². The lowest BCUT2D eigenvalue weighted by atomic mass is 9.88. The number of rotatable bonds is 12. The van der Waals surface area contributed by atoms with Gasteiger partial charge >= 0.3 is 7.12 Å². The summed E-state index contributed by atoms with van der Waals surface area (Å²) in [7, 11) is -6.17. The highest BCUT2D eigenvalue weighted by Crippen LogP contribution is 2.38. The summed E-state index contributed by atoms with van der Waals surface area (Å²) in [4.78, 5) is 0.0647. The van der Waals surface area contributed by atoms with E-state index in [0.29, 0.717) is 62.0 Å². The highest BCUT2D eigenvalue weighted by atomic mass is 79.9. The number of anilines is 2. The van der Waals surface area contributed by atoms with Crippen molar-refractivity contribution in [2.45, 2.75) is 77.9 Å². The summed E-state index contributed by atoms with van der Waals surface area (Å²) >= 11 is 16.0. The third kappa shape index (κ3) is 11.6. The average Bonchev–Trinajstić information content (AvgIpc) is 3.79. The number of aromatic nitrogens is 2. The second-order valence-corrected chi connectivity index (χ2v) is 16.8. The monoisotopic (exact) mass is 944 g/mol. The average molecular weight is 947 g/mol. The van der Waals surface area contributed by atoms with Crippen molar-refractivity contribution in [3.8, 4) is 11.5 Å². The summed E-state index contributed by atoms with van der Waals surface area (Å²) < 4.78 is 77.9. The Bertz CT molecular complexity index is 2540. The molecule has 0 bridgehead atoms. The minimum Gasteiger partial charge on any atom is -0.495 e. The molecule has 0 fully saturated rings. The molecule has 2 aromatic heterocycles. The van der Waals surface area contributed by atoms with Crippen LogP contribution in [0.5, 0.6) is 11.5 Å². The second kappa shape index (κ2) is 21.8. The summed E-state index contributed by atoms with van der Waals surface area (Å²) in [5, 5.41) is 25.0. The Morgan fingerprint density at radius 3 is 1.48 bits per heavy atom. The Kier molecular flexibility index (Phi) is 18.8. The fraction of sp³-hybridized carbons (Fsp3) is 0.316. The maximum Gasteiger partial charge on any atom is 0.451 e. The van der Waals surface area contributed by atoms with Crippen LogP contribution < -0.4 is 18.9 Å². The van der Waals surface area contributed by atoms with Crippen LogP contribution in [0.1, 0.15) is 59.2 Å². The van der Waals surface area contributed by atoms with Gasteiger partial charge in [0.05, 0.1) is 35.0 Å². The smallest absolute Gasteiger partial charge is 0.451 e. The first-order valence-corrected chi connectivity index (χ1v) is 21.6. The SMILES string of the molecule is C.C.CCB(O)O.CCc1ccc(OC)c(S(=O)(=O)Nc2noc3ccc(Br)c(Cl)c23)c1.CCc1ccc(OC)c(S(=O)(=O)Nc2noc3ccc(CC)c(Cl)c23)c1. The number of hydrogen-bond donors (Lipinski definition) is 4. The Labute approximate surface area is 358 Å². The zero-order valence-electron chi connectivity index (χ0n) is 31.2. The zero-order chi connectivity index (χ0) is 41.4. The van der Waals surface area contributed by atoms with Gasteiger partial charge in [-0.25, -0.2) is 16.8 Å². The molecular weight excluding hydrogens is 898 g/mol. The van der Waals surface area contributed by atoms with Crippen molar-refractivity contribution in [1.82, 2.24) is 10.3 Å². The zero-order valence-corrected chi connectivity index (χ0v) is 35.9. The number of ether oxygens (including phenoxy) is 2. The van der Waals surface area contributed by atoms with Gasteiger partial charge in [-0.2, -0.15) is 0 Å². The molecule has 0 unspecified atom stereocenters. The number of benzene rings is 4. The van der Waals surface area contributed by atoms with Crippen molar-refractivity contribution < 1.29 is 45.4 Å². The van der Waals surface area contributed by atoms with Crippen LogP contribution in [-0.2, 0) is 39.3 Å². The van der Waals surface area contributed by atoms with Crippen LogP contribution in [0.25, 0.3) is 21.9 Å². The third-order valence-corrected chi connectivity index (χ3v) is 12.7. The first kappa shape index (κ1) is 50.1. The van der Waals surface area contributed by atoms with Gasteiger partial charge in [0.15, 0.2) is 22.8 Å². The Morgan fingerprint density at radius 2 is 1.10 bits per heavy atom. The van der Waals surface area contributed by atoms with Crippen LogP contribution in [0.4, 0.5) is 11.6 Å². The fourth-order valence-corrected chi connectivity index (χ4v) is 8.50. The molecule has 58 heavy (non-hydrogen) atoms. The van der Waals surface area contributed by atoms with E-state index in [0.717, 1.165) is 16.7 Å². The molecule has 0 saturated carbocycles. The van der Waals surface area contributed by atoms with Gasteiger partial charge in [-0.15, -0.1) is 0 Å². The lowest BCUT2D eigenvalue weighted by Crippen LogP contribution is -2.15. The summed E-state index contributed by atoms with van der Waals surface area (Å²) in [5.41, 5.74) is 3.42. The minimum atomic E-state index is -3.95. The van der Waals surface area contributed by atoms with Crippen molar-refractivity contribution in [1.29, 1.82) is 0 Å². The number of hydrogen-bond acceptors (Lipinski definition) is 12. The summed E-state index contributed by atoms with van der Waals surface area (Å²) in [6, 6.07) is 17.0. The molecule has 14 nitrogen and oxygen atoms in total. The first-order chi connectivity index (χ1) is 26.5. The van der Waals surface area contributed by atoms with E-state index < -0.39 is 27.2 Å². The van der Waals surface area contributed by atoms with Crippen LogP contribution in [0.2, 0.25) is 16.4 Å². The largest absolute Gasteiger partial charge is 0.495 e. The van der Waals surface area contributed by atoms with Crippen molar-refractivity contribution in [3.05, 3.63) is 91.9 Å². The summed E-state index contributed by atoms with van der Waals surface area (Å²) in [6.45, 7) is 7.55. The lowest BCUT2D eigenvalue weighted by molar-refractivity contribution is 0.402. The molecule has 6 aromatic rings. The van der Waals surface area contributed by atoms with E-state index in [1.54, 1.807) is 49.4 Å². The standard InChI is InChI=1S/C18H19ClN2O4S.C16H14BrClN2O4S.C2H7BO2.2CH4/c1-4-11-6-8-13(24-3)15(10-11)26(22,23)21-18-16-14(25-20-18)9-7-12(5-2)17(16)19;1-3-9-4-6-11(23-2)13(8-9)25(21,22)20-16-14-12(24-19-16)7-5-10(17)15(14)18;1-2-3(4)5;;/h6-10H,4-5H2,1-3H3,(H,20,21);4-8H,3H2,1-2H3,(H,19,20);4-5H,2H2,1H3;2*1H4. The van der Waals surface area contributed by atoms with Crippen molar-refractivity contribution >= 4 is 99.9 Å². The van der Waals surface area contributed by atoms with E-state index in [1.807, 2.05) is 39.0 Å². The van der Waals surface area contributed by atoms with Crippen LogP contribution >= 0.6 is 39.1 Å². The highest BCUT2D eigenvalue weighted by molar-refractivity contribution is 9.10. The molecule has 0 aliphatic rings. The summed E-state index contributed by atoms with van der Waals surface area (Å²) in [5.74, 6) is 0.571. The topological polar surface area (TPSA) is 203 Å². The van der Waals surface area contributed by atoms with Gasteiger partial charge in [0.1, 0.15) is 21.3 Å². The number of sulfonamides is 2. The number of fused-ring (bicyclic) bond motifs is 2. The Hall–Kier alpha value is -4.04. The quantitative estimate of drug-likeness (QED) is 0.0847. The highest BCUT2D eigenvalue weighted by Gasteiger charge is 2.26. The molecule has 20 heteroatoms. The molecule has 6 rings (SSSR count). The van der Waals surface area contributed by atoms with Gasteiger partial charge < -0.3 is 28.6 Å². The van der Waals surface area contributed by atoms with Crippen molar-refractivity contribution in [3.63, 3.8) is 0 Å². The van der Waals surface area contributed by atoms with Crippen LogP contribution in [-0.4, -0.2) is 58.5 Å². The first-order valence-electron chi connectivity index (χ1n) is 17.1. The molecule has 316 valence electrons. The van der Waals surface area contributed by atoms with Gasteiger partial charge in [-0.3, -0.25) is 9.44 Å². The molecule has 2 heterocycles. The van der Waals surface area contributed by atoms with Crippen LogP contribution in [0.15, 0.2) is 84.0 Å². The predicted molar refractivity (Wildman–Crippen MR) is 236 cm³/mol. The van der Waals surface area contributed by atoms with Gasteiger partial charge in [-0.05, 0) is 101 Å². The Balaban J connectivity index is 0.000000348. The molecule has 0 spiro atoms. The molecule has 4 aromatic carbocycles. The minimum absolute atomic E-state index is 0. The molecule has 0 amide bonds. The molecule has 0 aliphatic carbocycles. The van der Waals surface area contributed by atoms with Crippen LogP contribution in [0, 0.1) is 0 Å². The third-order valence-electron chi connectivity index (χ3n) is 8.24. The van der Waals surface area contributed by atoms with Gasteiger partial charge in [0.25, 0.3) is 20.0 Å². The van der Waals surface area contributed by atoms with E-state index in [-0.39, 0.29) is 47.8 Å². The molecule has 4 N–H and O–H groups in total. The Morgan fingerprint density at radius 1 is 0.690 bits per heavy atom. The molecule has 0 atom stereocenters. The number of nitrogens with one attached hydrogen (secondary N) is 2. The fourth-order valence-electron chi connectivity index (χ4n) is 5.09. The second-order valence-electron chi connectivity index (χ2n) is 11.8. The molecule has 0 saturated heterocycles. The molecule has 0 radical (unpaired) electrons. The predicted octanol–water partition coefficient (Wildman–Crippen LogP) is 9.78. The molecule has 0 aliphatic heterocycles.